The molecule has 0 bridgehead atoms. The number of halogens is 1. The molecule has 38 heavy (non-hydrogen) atoms. The highest BCUT2D eigenvalue weighted by Crippen LogP contribution is 2.35. The average Bonchev–Trinajstić information content (AvgIpc) is 3.44. The lowest BCUT2D eigenvalue weighted by Crippen LogP contribution is -2.18. The topological polar surface area (TPSA) is 132 Å². The molecule has 4 aromatic rings. The first-order valence-corrected chi connectivity index (χ1v) is 11.3. The zero-order valence-electron chi connectivity index (χ0n) is 20.2. The first-order chi connectivity index (χ1) is 18.3. The van der Waals surface area contributed by atoms with Gasteiger partial charge in [0.15, 0.2) is 12.6 Å². The van der Waals surface area contributed by atoms with E-state index in [1.807, 2.05) is 0 Å². The number of rotatable bonds is 10. The second kappa shape index (κ2) is 11.8. The van der Waals surface area contributed by atoms with E-state index in [0.29, 0.717) is 22.4 Å². The number of benzene rings is 3. The van der Waals surface area contributed by atoms with E-state index in [2.05, 4.69) is 15.6 Å². The van der Waals surface area contributed by atoms with E-state index >= 15 is 0 Å². The number of Topliss-reactive ketones (excluding diaryl/α,β-unsaturated/α-hetero) is 1. The van der Waals surface area contributed by atoms with E-state index in [4.69, 9.17) is 9.47 Å². The Hall–Kier alpha value is -5.03. The maximum absolute atomic E-state index is 13.8. The summed E-state index contributed by atoms with van der Waals surface area (Å²) in [6, 6.07) is 15.2. The lowest BCUT2D eigenvalue weighted by Gasteiger charge is -2.15. The monoisotopic (exact) mass is 518 g/mol. The van der Waals surface area contributed by atoms with Gasteiger partial charge in [-0.1, -0.05) is 18.2 Å². The third-order valence-electron chi connectivity index (χ3n) is 5.41. The lowest BCUT2D eigenvalue weighted by molar-refractivity contribution is -0.115. The van der Waals surface area contributed by atoms with Crippen LogP contribution in [0.15, 0.2) is 79.4 Å². The standard InChI is InChI=1S/C27H23FN4O6/c1-37-16-38-25-13-19(28)6-7-21(25)17-5-8-22(31-27(35)36)23(12-17)30-26(34)14-24(33)18-3-2-4-20(11-18)32-10-9-29-15-32/h2-13,15,31H,14,16H2,1H3,(H,30,34)(H,35,36). The first-order valence-electron chi connectivity index (χ1n) is 11.3. The van der Waals surface area contributed by atoms with Crippen molar-refractivity contribution in [2.75, 3.05) is 24.5 Å². The van der Waals surface area contributed by atoms with Gasteiger partial charge in [0, 0.05) is 42.4 Å². The van der Waals surface area contributed by atoms with Gasteiger partial charge < -0.3 is 24.5 Å². The number of anilines is 2. The molecule has 194 valence electrons. The summed E-state index contributed by atoms with van der Waals surface area (Å²) in [4.78, 5) is 41.0. The zero-order valence-corrected chi connectivity index (χ0v) is 20.2. The maximum atomic E-state index is 13.8. The van der Waals surface area contributed by atoms with Gasteiger partial charge in [0.1, 0.15) is 11.6 Å². The number of hydrogen-bond donors (Lipinski definition) is 3. The molecular weight excluding hydrogens is 495 g/mol. The third kappa shape index (κ3) is 6.39. The van der Waals surface area contributed by atoms with E-state index in [0.717, 1.165) is 0 Å². The van der Waals surface area contributed by atoms with Crippen LogP contribution in [0.5, 0.6) is 5.75 Å². The van der Waals surface area contributed by atoms with Crippen LogP contribution in [-0.4, -0.2) is 46.3 Å². The minimum atomic E-state index is -1.34. The first kappa shape index (κ1) is 26.0. The van der Waals surface area contributed by atoms with E-state index in [-0.39, 0.29) is 23.9 Å². The van der Waals surface area contributed by atoms with Crippen molar-refractivity contribution >= 4 is 29.2 Å². The molecule has 0 saturated heterocycles. The third-order valence-corrected chi connectivity index (χ3v) is 5.41. The number of methoxy groups -OCH3 is 1. The number of carboxylic acid groups (broad SMARTS) is 1. The number of amides is 2. The second-order valence-corrected chi connectivity index (χ2v) is 8.05. The van der Waals surface area contributed by atoms with Crippen LogP contribution in [0.25, 0.3) is 16.8 Å². The zero-order chi connectivity index (χ0) is 27.1. The number of imidazole rings is 1. The number of hydrogen-bond acceptors (Lipinski definition) is 6. The fourth-order valence-electron chi connectivity index (χ4n) is 3.71. The lowest BCUT2D eigenvalue weighted by atomic mass is 10.0. The van der Waals surface area contributed by atoms with Gasteiger partial charge in [-0.05, 0) is 42.0 Å². The van der Waals surface area contributed by atoms with E-state index in [1.54, 1.807) is 53.6 Å². The van der Waals surface area contributed by atoms with Crippen molar-refractivity contribution in [1.29, 1.82) is 0 Å². The molecule has 0 atom stereocenters. The summed E-state index contributed by atoms with van der Waals surface area (Å²) < 4.78 is 25.9. The molecular formula is C27H23FN4O6. The van der Waals surface area contributed by atoms with Crippen molar-refractivity contribution in [2.24, 2.45) is 0 Å². The molecule has 4 rings (SSSR count). The van der Waals surface area contributed by atoms with Gasteiger partial charge in [-0.2, -0.15) is 0 Å². The molecule has 1 aromatic heterocycles. The Morgan fingerprint density at radius 3 is 2.61 bits per heavy atom. The van der Waals surface area contributed by atoms with Crippen LogP contribution in [0, 0.1) is 5.82 Å². The molecule has 0 radical (unpaired) electrons. The number of aromatic nitrogens is 2. The highest BCUT2D eigenvalue weighted by atomic mass is 19.1. The van der Waals surface area contributed by atoms with Gasteiger partial charge in [-0.15, -0.1) is 0 Å². The van der Waals surface area contributed by atoms with Gasteiger partial charge in [0.2, 0.25) is 5.91 Å². The van der Waals surface area contributed by atoms with E-state index < -0.39 is 30.0 Å². The Kier molecular flexibility index (Phi) is 8.09. The Balaban J connectivity index is 1.58. The Bertz CT molecular complexity index is 1470. The molecule has 0 aliphatic carbocycles. The maximum Gasteiger partial charge on any atom is 0.409 e. The summed E-state index contributed by atoms with van der Waals surface area (Å²) in [7, 11) is 1.42. The predicted octanol–water partition coefficient (Wildman–Crippen LogP) is 4.96. The van der Waals surface area contributed by atoms with Crippen molar-refractivity contribution in [3.63, 3.8) is 0 Å². The minimum Gasteiger partial charge on any atom is -0.467 e. The molecule has 0 aliphatic heterocycles. The van der Waals surface area contributed by atoms with Crippen molar-refractivity contribution in [3.8, 4) is 22.6 Å². The number of nitrogens with zero attached hydrogens (tertiary/aromatic N) is 2. The summed E-state index contributed by atoms with van der Waals surface area (Å²) in [5.74, 6) is -1.41. The van der Waals surface area contributed by atoms with E-state index in [9.17, 15) is 23.9 Å². The summed E-state index contributed by atoms with van der Waals surface area (Å²) in [6.45, 7) is -0.122. The molecule has 0 saturated carbocycles. The SMILES string of the molecule is COCOc1cc(F)ccc1-c1ccc(NC(=O)O)c(NC(=O)CC(=O)c2cccc(-n3ccnc3)c2)c1. The molecule has 0 fully saturated rings. The van der Waals surface area contributed by atoms with E-state index in [1.165, 1.54) is 37.4 Å². The molecule has 10 nitrogen and oxygen atoms in total. The van der Waals surface area contributed by atoms with Gasteiger partial charge in [0.25, 0.3) is 0 Å². The molecule has 0 unspecified atom stereocenters. The van der Waals surface area contributed by atoms with Crippen LogP contribution in [0.1, 0.15) is 16.8 Å². The largest absolute Gasteiger partial charge is 0.467 e. The second-order valence-electron chi connectivity index (χ2n) is 8.05. The van der Waals surface area contributed by atoms with Crippen molar-refractivity contribution in [2.45, 2.75) is 6.42 Å². The fraction of sp³-hybridized carbons (Fsp3) is 0.111. The van der Waals surface area contributed by atoms with Crippen molar-refractivity contribution < 1.29 is 33.4 Å². The number of carbonyl (C=O) groups excluding carboxylic acids is 2. The summed E-state index contributed by atoms with van der Waals surface area (Å²) >= 11 is 0. The van der Waals surface area contributed by atoms with Crippen LogP contribution in [0.3, 0.4) is 0 Å². The normalized spacial score (nSPS) is 10.6. The smallest absolute Gasteiger partial charge is 0.409 e. The van der Waals surface area contributed by atoms with Crippen molar-refractivity contribution in [3.05, 3.63) is 90.8 Å². The van der Waals surface area contributed by atoms with Crippen LogP contribution >= 0.6 is 0 Å². The van der Waals surface area contributed by atoms with Crippen LogP contribution in [-0.2, 0) is 9.53 Å². The highest BCUT2D eigenvalue weighted by Gasteiger charge is 2.17. The Morgan fingerprint density at radius 2 is 1.87 bits per heavy atom. The van der Waals surface area contributed by atoms with Crippen LogP contribution < -0.4 is 15.4 Å². The molecule has 11 heteroatoms. The number of ether oxygens (including phenoxy) is 2. The fourth-order valence-corrected chi connectivity index (χ4v) is 3.71. The predicted molar refractivity (Wildman–Crippen MR) is 137 cm³/mol. The molecule has 2 amide bonds. The number of ketones is 1. The van der Waals surface area contributed by atoms with Crippen LogP contribution in [0.4, 0.5) is 20.6 Å². The summed E-state index contributed by atoms with van der Waals surface area (Å²) in [6.07, 6.45) is 3.10. The molecule has 3 N–H and O–H groups in total. The Labute approximate surface area is 216 Å². The highest BCUT2D eigenvalue weighted by molar-refractivity contribution is 6.12. The molecule has 0 spiro atoms. The number of nitrogens with one attached hydrogen (secondary N) is 2. The summed E-state index contributed by atoms with van der Waals surface area (Å²) in [5, 5.41) is 14.0. The molecule has 1 heterocycles. The van der Waals surface area contributed by atoms with Gasteiger partial charge in [-0.25, -0.2) is 14.2 Å². The Morgan fingerprint density at radius 1 is 1.03 bits per heavy atom. The quantitative estimate of drug-likeness (QED) is 0.154. The molecule has 3 aromatic carbocycles. The van der Waals surface area contributed by atoms with Crippen molar-refractivity contribution in [1.82, 2.24) is 9.55 Å². The number of carbonyl (C=O) groups is 3. The van der Waals surface area contributed by atoms with Gasteiger partial charge in [0.05, 0.1) is 24.1 Å². The molecule has 0 aliphatic rings. The minimum absolute atomic E-state index is 0.0885. The van der Waals surface area contributed by atoms with Gasteiger partial charge >= 0.3 is 6.09 Å². The average molecular weight is 519 g/mol. The van der Waals surface area contributed by atoms with Gasteiger partial charge in [-0.3, -0.25) is 14.9 Å². The van der Waals surface area contributed by atoms with Crippen LogP contribution in [0.2, 0.25) is 0 Å². The summed E-state index contributed by atoms with van der Waals surface area (Å²) in [5.41, 5.74) is 2.22.